The Morgan fingerprint density at radius 3 is 2.42 bits per heavy atom. The third kappa shape index (κ3) is 4.13. The van der Waals surface area contributed by atoms with Crippen LogP contribution in [0.1, 0.15) is 27.2 Å². The fourth-order valence-electron chi connectivity index (χ4n) is 0.641. The van der Waals surface area contributed by atoms with E-state index in [2.05, 4.69) is 6.58 Å². The summed E-state index contributed by atoms with van der Waals surface area (Å²) in [5.74, 6) is -0.393. The zero-order valence-corrected chi connectivity index (χ0v) is 7.92. The molecule has 0 aliphatic rings. The Labute approximate surface area is 73.4 Å². The van der Waals surface area contributed by atoms with E-state index in [1.54, 1.807) is 6.92 Å². The van der Waals surface area contributed by atoms with E-state index in [0.717, 1.165) is 0 Å². The first-order valence-corrected chi connectivity index (χ1v) is 4.09. The quantitative estimate of drug-likeness (QED) is 0.361. The highest BCUT2D eigenvalue weighted by molar-refractivity contribution is 5.86. The van der Waals surface area contributed by atoms with E-state index in [9.17, 15) is 4.79 Å². The maximum Gasteiger partial charge on any atom is 0.335 e. The number of carbonyl (C=O) groups excluding carboxylic acids is 1. The number of hydrogen-bond donors (Lipinski definition) is 0. The third-order valence-corrected chi connectivity index (χ3v) is 1.27. The molecule has 0 amide bonds. The molecule has 1 unspecified atom stereocenters. The van der Waals surface area contributed by atoms with Crippen LogP contribution < -0.4 is 0 Å². The Morgan fingerprint density at radius 2 is 2.08 bits per heavy atom. The van der Waals surface area contributed by atoms with Crippen molar-refractivity contribution in [2.75, 3.05) is 6.61 Å². The van der Waals surface area contributed by atoms with Gasteiger partial charge in [0.1, 0.15) is 0 Å². The van der Waals surface area contributed by atoms with E-state index in [-0.39, 0.29) is 0 Å². The molecule has 0 fully saturated rings. The number of ether oxygens (including phenoxy) is 2. The second-order valence-corrected chi connectivity index (χ2v) is 2.48. The summed E-state index contributed by atoms with van der Waals surface area (Å²) in [6.07, 6.45) is 0.228. The monoisotopic (exact) mass is 172 g/mol. The second-order valence-electron chi connectivity index (χ2n) is 2.48. The minimum Gasteiger partial charge on any atom is -0.432 e. The van der Waals surface area contributed by atoms with E-state index in [1.165, 1.54) is 0 Å². The van der Waals surface area contributed by atoms with Crippen LogP contribution in [0.15, 0.2) is 12.2 Å². The van der Waals surface area contributed by atoms with Crippen molar-refractivity contribution in [3.8, 4) is 0 Å². The minimum atomic E-state index is -0.431. The van der Waals surface area contributed by atoms with Gasteiger partial charge in [0, 0.05) is 18.6 Å². The Balaban J connectivity index is 3.85. The van der Waals surface area contributed by atoms with Gasteiger partial charge in [0.15, 0.2) is 0 Å². The van der Waals surface area contributed by atoms with E-state index < -0.39 is 12.3 Å². The van der Waals surface area contributed by atoms with E-state index in [1.807, 2.05) is 13.8 Å². The molecule has 3 nitrogen and oxygen atoms in total. The lowest BCUT2D eigenvalue weighted by Crippen LogP contribution is -2.20. The van der Waals surface area contributed by atoms with Crippen LogP contribution in [0.3, 0.4) is 0 Å². The van der Waals surface area contributed by atoms with Gasteiger partial charge in [0.25, 0.3) is 0 Å². The number of rotatable bonds is 5. The first kappa shape index (κ1) is 11.2. The molecule has 0 radical (unpaired) electrons. The fourth-order valence-corrected chi connectivity index (χ4v) is 0.641. The smallest absolute Gasteiger partial charge is 0.335 e. The molecule has 0 aromatic rings. The Kier molecular flexibility index (Phi) is 5.37. The largest absolute Gasteiger partial charge is 0.432 e. The van der Waals surface area contributed by atoms with Crippen molar-refractivity contribution in [1.29, 1.82) is 0 Å². The van der Waals surface area contributed by atoms with Crippen LogP contribution in [0.25, 0.3) is 0 Å². The Hall–Kier alpha value is -0.830. The van der Waals surface area contributed by atoms with Crippen molar-refractivity contribution < 1.29 is 14.3 Å². The number of esters is 1. The topological polar surface area (TPSA) is 35.5 Å². The zero-order chi connectivity index (χ0) is 9.56. The van der Waals surface area contributed by atoms with Gasteiger partial charge in [0.2, 0.25) is 6.29 Å². The van der Waals surface area contributed by atoms with E-state index in [0.29, 0.717) is 18.6 Å². The van der Waals surface area contributed by atoms with Gasteiger partial charge < -0.3 is 9.47 Å². The summed E-state index contributed by atoms with van der Waals surface area (Å²) in [6.45, 7) is 9.38. The standard InChI is InChI=1S/C9H16O3/c1-5-8(11-6-2)12-9(10)7(3)4/h8H,3,5-6H2,1-2,4H3. The summed E-state index contributed by atoms with van der Waals surface area (Å²) in [5.41, 5.74) is 0.396. The molecule has 3 heteroatoms. The zero-order valence-electron chi connectivity index (χ0n) is 7.92. The van der Waals surface area contributed by atoms with Crippen LogP contribution in [-0.4, -0.2) is 18.9 Å². The highest BCUT2D eigenvalue weighted by atomic mass is 16.7. The fraction of sp³-hybridized carbons (Fsp3) is 0.667. The molecule has 0 saturated carbocycles. The molecule has 0 aliphatic heterocycles. The van der Waals surface area contributed by atoms with Gasteiger partial charge in [-0.05, 0) is 13.8 Å². The molecule has 0 aromatic carbocycles. The van der Waals surface area contributed by atoms with E-state index in [4.69, 9.17) is 9.47 Å². The van der Waals surface area contributed by atoms with E-state index >= 15 is 0 Å². The van der Waals surface area contributed by atoms with Gasteiger partial charge in [-0.15, -0.1) is 0 Å². The van der Waals surface area contributed by atoms with Gasteiger partial charge in [-0.3, -0.25) is 0 Å². The van der Waals surface area contributed by atoms with Crippen molar-refractivity contribution in [1.82, 2.24) is 0 Å². The van der Waals surface area contributed by atoms with Gasteiger partial charge in [-0.1, -0.05) is 13.5 Å². The van der Waals surface area contributed by atoms with Crippen LogP contribution in [0.5, 0.6) is 0 Å². The summed E-state index contributed by atoms with van der Waals surface area (Å²) in [5, 5.41) is 0. The normalized spacial score (nSPS) is 12.2. The Morgan fingerprint density at radius 1 is 1.50 bits per heavy atom. The molecular weight excluding hydrogens is 156 g/mol. The highest BCUT2D eigenvalue weighted by Crippen LogP contribution is 2.03. The molecule has 0 spiro atoms. The number of hydrogen-bond acceptors (Lipinski definition) is 3. The molecule has 0 saturated heterocycles. The summed E-state index contributed by atoms with van der Waals surface area (Å²) >= 11 is 0. The van der Waals surface area contributed by atoms with Crippen LogP contribution in [0.4, 0.5) is 0 Å². The maximum absolute atomic E-state index is 11.0. The lowest BCUT2D eigenvalue weighted by atomic mass is 10.3. The molecule has 0 aromatic heterocycles. The summed E-state index contributed by atoms with van der Waals surface area (Å²) in [4.78, 5) is 11.0. The predicted molar refractivity (Wildman–Crippen MR) is 46.6 cm³/mol. The SMILES string of the molecule is C=C(C)C(=O)OC(CC)OCC. The third-order valence-electron chi connectivity index (χ3n) is 1.27. The van der Waals surface area contributed by atoms with Gasteiger partial charge in [-0.25, -0.2) is 4.79 Å². The van der Waals surface area contributed by atoms with Crippen molar-refractivity contribution >= 4 is 5.97 Å². The lowest BCUT2D eigenvalue weighted by molar-refractivity contribution is -0.173. The molecule has 0 rings (SSSR count). The summed E-state index contributed by atoms with van der Waals surface area (Å²) < 4.78 is 10.1. The van der Waals surface area contributed by atoms with Gasteiger partial charge >= 0.3 is 5.97 Å². The molecule has 0 bridgehead atoms. The molecule has 12 heavy (non-hydrogen) atoms. The van der Waals surface area contributed by atoms with Crippen molar-refractivity contribution in [3.63, 3.8) is 0 Å². The predicted octanol–water partition coefficient (Wildman–Crippen LogP) is 1.88. The number of carbonyl (C=O) groups is 1. The lowest BCUT2D eigenvalue weighted by Gasteiger charge is -2.15. The maximum atomic E-state index is 11.0. The van der Waals surface area contributed by atoms with Gasteiger partial charge in [-0.2, -0.15) is 0 Å². The van der Waals surface area contributed by atoms with Crippen LogP contribution in [-0.2, 0) is 14.3 Å². The van der Waals surface area contributed by atoms with Crippen LogP contribution in [0, 0.1) is 0 Å². The summed E-state index contributed by atoms with van der Waals surface area (Å²) in [7, 11) is 0. The van der Waals surface area contributed by atoms with Crippen LogP contribution in [0.2, 0.25) is 0 Å². The molecule has 0 N–H and O–H groups in total. The molecular formula is C9H16O3. The van der Waals surface area contributed by atoms with Gasteiger partial charge in [0.05, 0.1) is 0 Å². The van der Waals surface area contributed by atoms with Crippen molar-refractivity contribution in [3.05, 3.63) is 12.2 Å². The Bertz CT molecular complexity index is 163. The molecule has 1 atom stereocenters. The highest BCUT2D eigenvalue weighted by Gasteiger charge is 2.11. The average Bonchev–Trinajstić information content (AvgIpc) is 2.03. The van der Waals surface area contributed by atoms with Crippen LogP contribution >= 0.6 is 0 Å². The van der Waals surface area contributed by atoms with Crippen molar-refractivity contribution in [2.24, 2.45) is 0 Å². The first-order chi connectivity index (χ1) is 5.61. The molecule has 0 heterocycles. The minimum absolute atomic E-state index is 0.393. The molecule has 0 aliphatic carbocycles. The summed E-state index contributed by atoms with van der Waals surface area (Å²) in [6, 6.07) is 0. The first-order valence-electron chi connectivity index (χ1n) is 4.09. The van der Waals surface area contributed by atoms with Crippen molar-refractivity contribution in [2.45, 2.75) is 33.5 Å². The second kappa shape index (κ2) is 5.77. The average molecular weight is 172 g/mol. The molecule has 70 valence electrons.